The van der Waals surface area contributed by atoms with E-state index < -0.39 is 0 Å². The van der Waals surface area contributed by atoms with Crippen molar-refractivity contribution in [3.05, 3.63) is 76.2 Å². The van der Waals surface area contributed by atoms with Crippen LogP contribution in [0.2, 0.25) is 0 Å². The van der Waals surface area contributed by atoms with Gasteiger partial charge in [-0.3, -0.25) is 19.7 Å². The zero-order valence-electron chi connectivity index (χ0n) is 15.0. The molecule has 0 atom stereocenters. The van der Waals surface area contributed by atoms with Gasteiger partial charge in [-0.25, -0.2) is 4.98 Å². The molecule has 3 heterocycles. The van der Waals surface area contributed by atoms with Crippen LogP contribution in [0.3, 0.4) is 0 Å². The first kappa shape index (κ1) is 18.9. The number of nitrogens with one attached hydrogen (secondary N) is 2. The van der Waals surface area contributed by atoms with Crippen molar-refractivity contribution in [3.63, 3.8) is 0 Å². The summed E-state index contributed by atoms with van der Waals surface area (Å²) in [7, 11) is 1.64. The number of nitrogens with zero attached hydrogens (tertiary/aromatic N) is 3. The zero-order chi connectivity index (χ0) is 18.9. The molecule has 27 heavy (non-hydrogen) atoms. The maximum Gasteiger partial charge on any atom is 0.255 e. The van der Waals surface area contributed by atoms with Crippen LogP contribution >= 0.6 is 11.8 Å². The second-order valence-electron chi connectivity index (χ2n) is 5.79. The Morgan fingerprint density at radius 1 is 1.22 bits per heavy atom. The molecule has 8 heteroatoms. The molecule has 7 nitrogen and oxygen atoms in total. The maximum absolute atomic E-state index is 12.2. The van der Waals surface area contributed by atoms with Crippen molar-refractivity contribution in [2.45, 2.75) is 12.2 Å². The molecule has 0 aromatic carbocycles. The van der Waals surface area contributed by atoms with Crippen molar-refractivity contribution in [2.75, 3.05) is 24.7 Å². The summed E-state index contributed by atoms with van der Waals surface area (Å²) in [6, 6.07) is 7.55. The van der Waals surface area contributed by atoms with Gasteiger partial charge in [0.25, 0.3) is 5.56 Å². The maximum atomic E-state index is 12.2. The largest absolute Gasteiger partial charge is 0.497 e. The second kappa shape index (κ2) is 9.72. The van der Waals surface area contributed by atoms with Gasteiger partial charge in [-0.05, 0) is 17.7 Å². The van der Waals surface area contributed by atoms with Gasteiger partial charge in [-0.15, -0.1) is 0 Å². The van der Waals surface area contributed by atoms with Crippen LogP contribution in [0.15, 0.2) is 53.8 Å². The number of aromatic amines is 1. The first-order valence-corrected chi connectivity index (χ1v) is 9.67. The average Bonchev–Trinajstić information content (AvgIpc) is 2.70. The summed E-state index contributed by atoms with van der Waals surface area (Å²) in [5.41, 5.74) is 2.44. The van der Waals surface area contributed by atoms with E-state index in [9.17, 15) is 4.79 Å². The molecule has 2 N–H and O–H groups in total. The second-order valence-corrected chi connectivity index (χ2v) is 6.90. The number of pyridine rings is 2. The van der Waals surface area contributed by atoms with E-state index in [1.807, 2.05) is 24.3 Å². The Hall–Kier alpha value is -2.87. The van der Waals surface area contributed by atoms with Gasteiger partial charge in [-0.2, -0.15) is 11.8 Å². The number of ether oxygens (including phenoxy) is 1. The van der Waals surface area contributed by atoms with Crippen LogP contribution in [0.1, 0.15) is 16.8 Å². The lowest BCUT2D eigenvalue weighted by Crippen LogP contribution is -2.18. The Balaban J connectivity index is 1.44. The smallest absolute Gasteiger partial charge is 0.255 e. The molecule has 0 aliphatic heterocycles. The molecule has 0 saturated carbocycles. The van der Waals surface area contributed by atoms with Crippen molar-refractivity contribution < 1.29 is 4.74 Å². The molecule has 0 aliphatic carbocycles. The number of hydrogen-bond donors (Lipinski definition) is 2. The van der Waals surface area contributed by atoms with Crippen molar-refractivity contribution in [1.29, 1.82) is 0 Å². The van der Waals surface area contributed by atoms with Crippen LogP contribution < -0.4 is 15.6 Å². The summed E-state index contributed by atoms with van der Waals surface area (Å²) >= 11 is 1.75. The molecule has 3 aromatic heterocycles. The molecule has 3 rings (SSSR count). The normalized spacial score (nSPS) is 10.6. The van der Waals surface area contributed by atoms with Gasteiger partial charge in [0.2, 0.25) is 5.95 Å². The average molecular weight is 383 g/mol. The molecule has 0 unspecified atom stereocenters. The molecular formula is C19H21N5O2S. The summed E-state index contributed by atoms with van der Waals surface area (Å²) in [5.74, 6) is 2.95. The predicted octanol–water partition coefficient (Wildman–Crippen LogP) is 2.50. The lowest BCUT2D eigenvalue weighted by Gasteiger charge is -2.07. The number of aromatic nitrogens is 4. The summed E-state index contributed by atoms with van der Waals surface area (Å²) in [6.45, 7) is 0.694. The number of anilines is 1. The van der Waals surface area contributed by atoms with Crippen LogP contribution in [0.5, 0.6) is 5.75 Å². The highest BCUT2D eigenvalue weighted by Gasteiger charge is 2.04. The highest BCUT2D eigenvalue weighted by Crippen LogP contribution is 2.15. The molecule has 140 valence electrons. The van der Waals surface area contributed by atoms with Crippen LogP contribution in [0.4, 0.5) is 5.95 Å². The molecule has 3 aromatic rings. The molecule has 0 amide bonds. The predicted molar refractivity (Wildman–Crippen MR) is 107 cm³/mol. The van der Waals surface area contributed by atoms with Gasteiger partial charge < -0.3 is 10.1 Å². The summed E-state index contributed by atoms with van der Waals surface area (Å²) < 4.78 is 5.19. The fraction of sp³-hybridized carbons (Fsp3) is 0.263. The molecule has 0 aliphatic rings. The molecule has 0 saturated heterocycles. The number of methoxy groups -OCH3 is 1. The minimum Gasteiger partial charge on any atom is -0.497 e. The monoisotopic (exact) mass is 383 g/mol. The highest BCUT2D eigenvalue weighted by molar-refractivity contribution is 7.98. The third-order valence-electron chi connectivity index (χ3n) is 3.80. The Bertz CT molecular complexity index is 917. The molecule has 0 radical (unpaired) electrons. The molecule has 0 fully saturated rings. The minimum atomic E-state index is -0.135. The number of H-pyrrole nitrogens is 1. The quantitative estimate of drug-likeness (QED) is 0.548. The van der Waals surface area contributed by atoms with Gasteiger partial charge >= 0.3 is 0 Å². The van der Waals surface area contributed by atoms with E-state index >= 15 is 0 Å². The van der Waals surface area contributed by atoms with Crippen LogP contribution in [-0.2, 0) is 12.2 Å². The summed E-state index contributed by atoms with van der Waals surface area (Å²) in [5, 5.41) is 3.14. The fourth-order valence-electron chi connectivity index (χ4n) is 2.44. The SMILES string of the molecule is COc1ccnc(CSCCNc2ncc(Cc3cccnc3)c(=O)[nH]2)c1. The lowest BCUT2D eigenvalue weighted by atomic mass is 10.1. The van der Waals surface area contributed by atoms with Crippen LogP contribution in [-0.4, -0.2) is 39.3 Å². The Kier molecular flexibility index (Phi) is 6.81. The first-order chi connectivity index (χ1) is 13.2. The van der Waals surface area contributed by atoms with Crippen molar-refractivity contribution in [1.82, 2.24) is 19.9 Å². The van der Waals surface area contributed by atoms with E-state index in [4.69, 9.17) is 4.74 Å². The number of thioether (sulfide) groups is 1. The van der Waals surface area contributed by atoms with Gasteiger partial charge in [0.1, 0.15) is 5.75 Å². The van der Waals surface area contributed by atoms with E-state index in [1.165, 1.54) is 0 Å². The van der Waals surface area contributed by atoms with Crippen LogP contribution in [0, 0.1) is 0 Å². The fourth-order valence-corrected chi connectivity index (χ4v) is 3.20. The van der Waals surface area contributed by atoms with Gasteiger partial charge in [0.05, 0.1) is 12.8 Å². The van der Waals surface area contributed by atoms with Crippen molar-refractivity contribution in [3.8, 4) is 5.75 Å². The van der Waals surface area contributed by atoms with Crippen LogP contribution in [0.25, 0.3) is 0 Å². The van der Waals surface area contributed by atoms with Gasteiger partial charge in [-0.1, -0.05) is 6.07 Å². The van der Waals surface area contributed by atoms with Crippen molar-refractivity contribution in [2.24, 2.45) is 0 Å². The van der Waals surface area contributed by atoms with E-state index in [0.717, 1.165) is 28.5 Å². The Morgan fingerprint density at radius 3 is 2.93 bits per heavy atom. The van der Waals surface area contributed by atoms with Gasteiger partial charge in [0.15, 0.2) is 0 Å². The molecule has 0 spiro atoms. The topological polar surface area (TPSA) is 92.8 Å². The lowest BCUT2D eigenvalue weighted by molar-refractivity contribution is 0.413. The van der Waals surface area contributed by atoms with Crippen molar-refractivity contribution >= 4 is 17.7 Å². The third-order valence-corrected chi connectivity index (χ3v) is 4.80. The van der Waals surface area contributed by atoms with E-state index in [2.05, 4.69) is 25.3 Å². The minimum absolute atomic E-state index is 0.135. The standard InChI is InChI=1S/C19H21N5O2S/c1-26-17-4-6-21-16(10-17)13-27-8-7-22-19-23-12-15(18(25)24-19)9-14-3-2-5-20-11-14/h2-6,10-12H,7-9,13H2,1H3,(H2,22,23,24,25). The molecule has 0 bridgehead atoms. The van der Waals surface area contributed by atoms with Gasteiger partial charge in [0, 0.05) is 60.9 Å². The Morgan fingerprint density at radius 2 is 2.15 bits per heavy atom. The van der Waals surface area contributed by atoms with E-state index in [1.54, 1.807) is 43.7 Å². The zero-order valence-corrected chi connectivity index (χ0v) is 15.8. The van der Waals surface area contributed by atoms with E-state index in [0.29, 0.717) is 24.5 Å². The Labute approximate surface area is 161 Å². The highest BCUT2D eigenvalue weighted by atomic mass is 32.2. The summed E-state index contributed by atoms with van der Waals surface area (Å²) in [4.78, 5) is 27.6. The molecular weight excluding hydrogens is 362 g/mol. The first-order valence-electron chi connectivity index (χ1n) is 8.52. The third kappa shape index (κ3) is 5.82. The van der Waals surface area contributed by atoms with E-state index in [-0.39, 0.29) is 5.56 Å². The number of rotatable bonds is 9. The summed E-state index contributed by atoms with van der Waals surface area (Å²) in [6.07, 6.45) is 7.33. The number of hydrogen-bond acceptors (Lipinski definition) is 7.